The van der Waals surface area contributed by atoms with Crippen molar-refractivity contribution in [3.63, 3.8) is 0 Å². The number of hydrogen-bond donors (Lipinski definition) is 2. The average molecular weight is 384 g/mol. The van der Waals surface area contributed by atoms with Crippen molar-refractivity contribution in [1.29, 1.82) is 0 Å². The maximum atomic E-state index is 12.6. The van der Waals surface area contributed by atoms with E-state index in [4.69, 9.17) is 11.6 Å². The highest BCUT2D eigenvalue weighted by Gasteiger charge is 2.19. The zero-order valence-electron chi connectivity index (χ0n) is 15.2. The van der Waals surface area contributed by atoms with E-state index >= 15 is 0 Å². The molecule has 1 amide bonds. The van der Waals surface area contributed by atoms with Gasteiger partial charge >= 0.3 is 0 Å². The molecule has 1 aromatic heterocycles. The molecule has 7 heteroatoms. The van der Waals surface area contributed by atoms with E-state index in [0.29, 0.717) is 17.1 Å². The number of H-pyrrole nitrogens is 1. The molecule has 0 bridgehead atoms. The fourth-order valence-electron chi connectivity index (χ4n) is 3.29. The first-order valence-electron chi connectivity index (χ1n) is 9.04. The van der Waals surface area contributed by atoms with Gasteiger partial charge in [-0.15, -0.1) is 0 Å². The summed E-state index contributed by atoms with van der Waals surface area (Å²) in [4.78, 5) is 17.2. The molecule has 0 radical (unpaired) electrons. The van der Waals surface area contributed by atoms with Gasteiger partial charge in [-0.1, -0.05) is 23.7 Å². The van der Waals surface area contributed by atoms with Gasteiger partial charge in [0.2, 0.25) is 0 Å². The van der Waals surface area contributed by atoms with Crippen molar-refractivity contribution in [1.82, 2.24) is 20.4 Å². The third-order valence-corrected chi connectivity index (χ3v) is 5.23. The number of anilines is 1. The van der Waals surface area contributed by atoms with Crippen LogP contribution in [0.5, 0.6) is 0 Å². The van der Waals surface area contributed by atoms with Gasteiger partial charge in [0.25, 0.3) is 5.91 Å². The Morgan fingerprint density at radius 2 is 1.89 bits per heavy atom. The van der Waals surface area contributed by atoms with Crippen molar-refractivity contribution >= 4 is 34.2 Å². The zero-order chi connectivity index (χ0) is 18.8. The highest BCUT2D eigenvalue weighted by atomic mass is 35.5. The molecule has 2 aromatic carbocycles. The summed E-state index contributed by atoms with van der Waals surface area (Å²) in [5.74, 6) is 0.822. The smallest absolute Gasteiger partial charge is 0.251 e. The van der Waals surface area contributed by atoms with Crippen LogP contribution in [-0.4, -0.2) is 54.2 Å². The second kappa shape index (κ2) is 7.58. The van der Waals surface area contributed by atoms with Gasteiger partial charge in [-0.2, -0.15) is 5.10 Å². The molecular formula is C20H22ClN5O. The molecule has 3 aromatic rings. The Bertz CT molecular complexity index is 945. The Balaban J connectivity index is 1.51. The molecule has 1 fully saturated rings. The number of aromatic nitrogens is 2. The average Bonchev–Trinajstić information content (AvgIpc) is 3.11. The molecule has 1 aliphatic heterocycles. The van der Waals surface area contributed by atoms with Gasteiger partial charge in [0.15, 0.2) is 5.82 Å². The summed E-state index contributed by atoms with van der Waals surface area (Å²) in [6, 6.07) is 13.1. The second-order valence-electron chi connectivity index (χ2n) is 6.91. The molecule has 140 valence electrons. The molecule has 0 atom stereocenters. The third kappa shape index (κ3) is 3.91. The highest BCUT2D eigenvalue weighted by molar-refractivity contribution is 6.30. The lowest BCUT2D eigenvalue weighted by Crippen LogP contribution is -2.44. The molecule has 2 N–H and O–H groups in total. The summed E-state index contributed by atoms with van der Waals surface area (Å²) in [7, 11) is 2.13. The maximum absolute atomic E-state index is 12.6. The Kier molecular flexibility index (Phi) is 5.01. The summed E-state index contributed by atoms with van der Waals surface area (Å²) in [5, 5.41) is 12.2. The van der Waals surface area contributed by atoms with Crippen LogP contribution in [-0.2, 0) is 6.54 Å². The SMILES string of the molecule is CN1CCN(c2n[nH]c3ccc(C(=O)NCc4ccc(Cl)cc4)cc23)CC1. The lowest BCUT2D eigenvalue weighted by molar-refractivity contribution is 0.0951. The van der Waals surface area contributed by atoms with Crippen LogP contribution in [0.4, 0.5) is 5.82 Å². The summed E-state index contributed by atoms with van der Waals surface area (Å²) < 4.78 is 0. The van der Waals surface area contributed by atoms with Gasteiger partial charge in [0.1, 0.15) is 0 Å². The Hall–Kier alpha value is -2.57. The fourth-order valence-corrected chi connectivity index (χ4v) is 3.41. The number of nitrogens with zero attached hydrogens (tertiary/aromatic N) is 3. The molecule has 6 nitrogen and oxygen atoms in total. The van der Waals surface area contributed by atoms with E-state index in [-0.39, 0.29) is 5.91 Å². The molecule has 4 rings (SSSR count). The van der Waals surface area contributed by atoms with Crippen molar-refractivity contribution in [3.05, 3.63) is 58.6 Å². The van der Waals surface area contributed by atoms with E-state index in [2.05, 4.69) is 32.4 Å². The number of nitrogens with one attached hydrogen (secondary N) is 2. The van der Waals surface area contributed by atoms with Gasteiger partial charge in [-0.05, 0) is 42.9 Å². The Labute approximate surface area is 163 Å². The number of carbonyl (C=O) groups excluding carboxylic acids is 1. The molecule has 1 saturated heterocycles. The van der Waals surface area contributed by atoms with Crippen molar-refractivity contribution in [2.75, 3.05) is 38.1 Å². The van der Waals surface area contributed by atoms with Crippen LogP contribution < -0.4 is 10.2 Å². The standard InChI is InChI=1S/C20H22ClN5O/c1-25-8-10-26(11-9-25)19-17-12-15(4-7-18(17)23-24-19)20(27)22-13-14-2-5-16(21)6-3-14/h2-7,12H,8-11,13H2,1H3,(H,22,27)(H,23,24). The molecule has 0 saturated carbocycles. The predicted octanol–water partition coefficient (Wildman–Crippen LogP) is 2.90. The van der Waals surface area contributed by atoms with Gasteiger partial charge in [-0.25, -0.2) is 0 Å². The first-order valence-corrected chi connectivity index (χ1v) is 9.42. The van der Waals surface area contributed by atoms with E-state index in [9.17, 15) is 4.79 Å². The molecule has 1 aliphatic rings. The first-order chi connectivity index (χ1) is 13.1. The third-order valence-electron chi connectivity index (χ3n) is 4.97. The van der Waals surface area contributed by atoms with E-state index in [1.165, 1.54) is 0 Å². The largest absolute Gasteiger partial charge is 0.352 e. The molecule has 2 heterocycles. The second-order valence-corrected chi connectivity index (χ2v) is 7.34. The van der Waals surface area contributed by atoms with E-state index in [0.717, 1.165) is 48.5 Å². The number of rotatable bonds is 4. The van der Waals surface area contributed by atoms with Gasteiger partial charge in [0, 0.05) is 48.7 Å². The van der Waals surface area contributed by atoms with Crippen LogP contribution in [0.15, 0.2) is 42.5 Å². The number of likely N-dealkylation sites (N-methyl/N-ethyl adjacent to an activating group) is 1. The minimum Gasteiger partial charge on any atom is -0.352 e. The van der Waals surface area contributed by atoms with Crippen LogP contribution in [0.3, 0.4) is 0 Å². The quantitative estimate of drug-likeness (QED) is 0.727. The van der Waals surface area contributed by atoms with E-state index < -0.39 is 0 Å². The van der Waals surface area contributed by atoms with Crippen LogP contribution in [0.2, 0.25) is 5.02 Å². The van der Waals surface area contributed by atoms with Gasteiger partial charge in [0.05, 0.1) is 5.52 Å². The van der Waals surface area contributed by atoms with Crippen molar-refractivity contribution in [3.8, 4) is 0 Å². The number of halogens is 1. The Morgan fingerprint density at radius 3 is 2.63 bits per heavy atom. The number of benzene rings is 2. The lowest BCUT2D eigenvalue weighted by Gasteiger charge is -2.32. The lowest BCUT2D eigenvalue weighted by atomic mass is 10.1. The normalized spacial score (nSPS) is 15.3. The van der Waals surface area contributed by atoms with E-state index in [1.807, 2.05) is 42.5 Å². The predicted molar refractivity (Wildman–Crippen MR) is 108 cm³/mol. The summed E-state index contributed by atoms with van der Waals surface area (Å²) >= 11 is 5.90. The number of aromatic amines is 1. The Morgan fingerprint density at radius 1 is 1.15 bits per heavy atom. The molecule has 0 unspecified atom stereocenters. The van der Waals surface area contributed by atoms with Crippen LogP contribution in [0, 0.1) is 0 Å². The van der Waals surface area contributed by atoms with Crippen molar-refractivity contribution < 1.29 is 4.79 Å². The summed E-state index contributed by atoms with van der Waals surface area (Å²) in [5.41, 5.74) is 2.58. The van der Waals surface area contributed by atoms with Gasteiger partial charge < -0.3 is 15.1 Å². The topological polar surface area (TPSA) is 64.3 Å². The molecular weight excluding hydrogens is 362 g/mol. The van der Waals surface area contributed by atoms with Crippen LogP contribution in [0.1, 0.15) is 15.9 Å². The zero-order valence-corrected chi connectivity index (χ0v) is 16.0. The van der Waals surface area contributed by atoms with E-state index in [1.54, 1.807) is 0 Å². The molecule has 0 aliphatic carbocycles. The van der Waals surface area contributed by atoms with Gasteiger partial charge in [-0.3, -0.25) is 9.89 Å². The number of hydrogen-bond acceptors (Lipinski definition) is 4. The van der Waals surface area contributed by atoms with Crippen molar-refractivity contribution in [2.24, 2.45) is 0 Å². The highest BCUT2D eigenvalue weighted by Crippen LogP contribution is 2.26. The molecule has 0 spiro atoms. The number of amides is 1. The number of carbonyl (C=O) groups is 1. The number of piperazine rings is 1. The van der Waals surface area contributed by atoms with Crippen LogP contribution in [0.25, 0.3) is 10.9 Å². The monoisotopic (exact) mass is 383 g/mol. The summed E-state index contributed by atoms with van der Waals surface area (Å²) in [6.45, 7) is 4.35. The fraction of sp³-hybridized carbons (Fsp3) is 0.300. The van der Waals surface area contributed by atoms with Crippen LogP contribution >= 0.6 is 11.6 Å². The number of fused-ring (bicyclic) bond motifs is 1. The maximum Gasteiger partial charge on any atom is 0.251 e. The first kappa shape index (κ1) is 17.8. The molecule has 27 heavy (non-hydrogen) atoms. The summed E-state index contributed by atoms with van der Waals surface area (Å²) in [6.07, 6.45) is 0. The van der Waals surface area contributed by atoms with Crippen molar-refractivity contribution in [2.45, 2.75) is 6.54 Å². The minimum absolute atomic E-state index is 0.0997. The minimum atomic E-state index is -0.0997.